The van der Waals surface area contributed by atoms with Gasteiger partial charge in [-0.05, 0) is 44.2 Å². The minimum atomic E-state index is -5.01. The molecule has 0 saturated carbocycles. The molecule has 0 aliphatic carbocycles. The van der Waals surface area contributed by atoms with Crippen LogP contribution in [0.1, 0.15) is 31.4 Å². The molecule has 0 bridgehead atoms. The number of H-pyrrole nitrogens is 1. The number of aromatic nitrogens is 3. The molecule has 1 amide bonds. The molecule has 2 atom stereocenters. The minimum Gasteiger partial charge on any atom is -0.352 e. The van der Waals surface area contributed by atoms with Gasteiger partial charge in [-0.2, -0.15) is 31.3 Å². The number of pyridine rings is 1. The predicted molar refractivity (Wildman–Crippen MR) is 155 cm³/mol. The summed E-state index contributed by atoms with van der Waals surface area (Å²) < 4.78 is 82.4. The quantitative estimate of drug-likeness (QED) is 0.246. The summed E-state index contributed by atoms with van der Waals surface area (Å²) >= 11 is 0.942. The van der Waals surface area contributed by atoms with Crippen LogP contribution in [0.15, 0.2) is 57.6 Å². The lowest BCUT2D eigenvalue weighted by Gasteiger charge is -2.44. The molecule has 0 spiro atoms. The van der Waals surface area contributed by atoms with E-state index in [-0.39, 0.29) is 70.6 Å². The van der Waals surface area contributed by atoms with Crippen molar-refractivity contribution in [2.75, 3.05) is 23.7 Å². The molecule has 2 aliphatic rings. The zero-order valence-electron chi connectivity index (χ0n) is 23.6. The van der Waals surface area contributed by atoms with Gasteiger partial charge in [0.25, 0.3) is 0 Å². The average molecular weight is 640 g/mol. The van der Waals surface area contributed by atoms with E-state index in [1.54, 1.807) is 47.9 Å². The maximum Gasteiger partial charge on any atom is 0.458 e. The third-order valence-electron chi connectivity index (χ3n) is 6.93. The van der Waals surface area contributed by atoms with Crippen LogP contribution in [-0.4, -0.2) is 62.4 Å². The number of aryl methyl sites for hydroxylation is 1. The van der Waals surface area contributed by atoms with E-state index in [9.17, 15) is 40.7 Å². The van der Waals surface area contributed by atoms with Gasteiger partial charge in [-0.15, -0.1) is 11.8 Å². The molecule has 3 aromatic rings. The van der Waals surface area contributed by atoms with Crippen molar-refractivity contribution >= 4 is 34.4 Å². The molecule has 2 aromatic heterocycles. The molecule has 8 nitrogen and oxygen atoms in total. The first-order valence-electron chi connectivity index (χ1n) is 13.4. The van der Waals surface area contributed by atoms with Gasteiger partial charge in [0, 0.05) is 60.2 Å². The number of aromatic amines is 1. The number of alkyl halides is 6. The van der Waals surface area contributed by atoms with E-state index in [0.717, 1.165) is 23.7 Å². The van der Waals surface area contributed by atoms with E-state index >= 15 is 0 Å². The molecule has 2 unspecified atom stereocenters. The summed E-state index contributed by atoms with van der Waals surface area (Å²) in [6.45, 7) is 7.51. The van der Waals surface area contributed by atoms with E-state index in [2.05, 4.69) is 16.5 Å². The highest BCUT2D eigenvalue weighted by Gasteiger charge is 2.39. The van der Waals surface area contributed by atoms with Crippen molar-refractivity contribution < 1.29 is 31.1 Å². The zero-order valence-corrected chi connectivity index (χ0v) is 24.4. The van der Waals surface area contributed by atoms with Crippen LogP contribution in [-0.2, 0) is 17.5 Å². The second-order valence-corrected chi connectivity index (χ2v) is 11.2. The number of nitrogens with one attached hydrogen (secondary N) is 1. The molecular formula is C29H27F6N5O3S. The SMILES string of the molecule is C=CC(=O)N1C(C)CN(c2nc(=O)n3c4c(c(C#CC(F)(F)F)c(C(F)(F)F)cc24)SCCC3)CC1C.O=c1cccc[nH]1. The van der Waals surface area contributed by atoms with Crippen molar-refractivity contribution in [1.29, 1.82) is 0 Å². The zero-order chi connectivity index (χ0) is 32.4. The number of carbonyl (C=O) groups is 1. The van der Waals surface area contributed by atoms with Gasteiger partial charge in [0.15, 0.2) is 0 Å². The average Bonchev–Trinajstić information content (AvgIpc) is 3.17. The number of anilines is 1. The summed E-state index contributed by atoms with van der Waals surface area (Å²) in [5, 5.41) is -0.00298. The Morgan fingerprint density at radius 1 is 1.14 bits per heavy atom. The fourth-order valence-corrected chi connectivity index (χ4v) is 6.41. The Kier molecular flexibility index (Phi) is 9.53. The molecule has 234 valence electrons. The van der Waals surface area contributed by atoms with Crippen LogP contribution in [0.5, 0.6) is 0 Å². The minimum absolute atomic E-state index is 0.00298. The molecule has 1 saturated heterocycles. The highest BCUT2D eigenvalue weighted by Crippen LogP contribution is 2.44. The summed E-state index contributed by atoms with van der Waals surface area (Å²) in [4.78, 5) is 45.3. The Morgan fingerprint density at radius 3 is 2.34 bits per heavy atom. The number of hydrogen-bond acceptors (Lipinski definition) is 6. The molecule has 44 heavy (non-hydrogen) atoms. The lowest BCUT2D eigenvalue weighted by Crippen LogP contribution is -2.58. The lowest BCUT2D eigenvalue weighted by atomic mass is 10.0. The van der Waals surface area contributed by atoms with E-state index in [0.29, 0.717) is 6.42 Å². The van der Waals surface area contributed by atoms with Gasteiger partial charge in [-0.1, -0.05) is 18.6 Å². The smallest absolute Gasteiger partial charge is 0.352 e. The van der Waals surface area contributed by atoms with Crippen molar-refractivity contribution in [2.24, 2.45) is 0 Å². The van der Waals surface area contributed by atoms with Crippen molar-refractivity contribution in [2.45, 2.75) is 56.1 Å². The first-order valence-corrected chi connectivity index (χ1v) is 14.4. The number of benzene rings is 1. The number of amides is 1. The normalized spacial score (nSPS) is 18.5. The summed E-state index contributed by atoms with van der Waals surface area (Å²) in [7, 11) is 0. The van der Waals surface area contributed by atoms with Gasteiger partial charge in [-0.25, -0.2) is 4.79 Å². The Balaban J connectivity index is 0.000000555. The van der Waals surface area contributed by atoms with Crippen molar-refractivity contribution in [3.05, 3.63) is 75.1 Å². The Morgan fingerprint density at radius 2 is 1.82 bits per heavy atom. The standard InChI is InChI=1S/C24H22F6N4O2S.C5H5NO/c1-4-18(35)34-13(2)11-32(12-14(34)3)21-16-10-17(24(28,29)30)15(6-7-23(25,26)27)20-19(16)33(22(36)31-21)8-5-9-37-20;7-5-3-1-2-4-6-5/h4,10,13-14H,1,5,8-9,11-12H2,2-3H3;1-4H,(H,6,7). The third kappa shape index (κ3) is 7.12. The Hall–Kier alpha value is -4.19. The van der Waals surface area contributed by atoms with Gasteiger partial charge >= 0.3 is 18.0 Å². The van der Waals surface area contributed by atoms with Crippen LogP contribution in [0.25, 0.3) is 10.9 Å². The van der Waals surface area contributed by atoms with E-state index in [4.69, 9.17) is 0 Å². The Bertz CT molecular complexity index is 1730. The van der Waals surface area contributed by atoms with Crippen LogP contribution in [0.4, 0.5) is 32.2 Å². The topological polar surface area (TPSA) is 91.3 Å². The molecule has 0 radical (unpaired) electrons. The van der Waals surface area contributed by atoms with Crippen molar-refractivity contribution in [3.8, 4) is 11.8 Å². The van der Waals surface area contributed by atoms with Crippen molar-refractivity contribution in [1.82, 2.24) is 19.4 Å². The maximum absolute atomic E-state index is 14.2. The molecule has 5 rings (SSSR count). The monoisotopic (exact) mass is 639 g/mol. The highest BCUT2D eigenvalue weighted by molar-refractivity contribution is 7.99. The number of halogens is 6. The second kappa shape index (κ2) is 12.8. The largest absolute Gasteiger partial charge is 0.458 e. The van der Waals surface area contributed by atoms with Crippen LogP contribution in [0.2, 0.25) is 0 Å². The van der Waals surface area contributed by atoms with Gasteiger partial charge in [-0.3, -0.25) is 14.2 Å². The maximum atomic E-state index is 14.2. The van der Waals surface area contributed by atoms with Crippen molar-refractivity contribution in [3.63, 3.8) is 0 Å². The fourth-order valence-electron chi connectivity index (χ4n) is 5.27. The fraction of sp³-hybridized carbons (Fsp3) is 0.379. The summed E-state index contributed by atoms with van der Waals surface area (Å²) in [5.41, 5.74) is -2.82. The van der Waals surface area contributed by atoms with Gasteiger partial charge in [0.05, 0.1) is 16.6 Å². The van der Waals surface area contributed by atoms with E-state index < -0.39 is 29.2 Å². The number of nitrogens with zero attached hydrogens (tertiary/aromatic N) is 4. The summed E-state index contributed by atoms with van der Waals surface area (Å²) in [6, 6.07) is 4.91. The number of piperazine rings is 1. The molecule has 1 aromatic carbocycles. The highest BCUT2D eigenvalue weighted by atomic mass is 32.2. The molecule has 4 heterocycles. The molecule has 1 N–H and O–H groups in total. The van der Waals surface area contributed by atoms with Gasteiger partial charge in [0.2, 0.25) is 11.5 Å². The van der Waals surface area contributed by atoms with Crippen LogP contribution >= 0.6 is 11.8 Å². The molecular weight excluding hydrogens is 612 g/mol. The number of rotatable bonds is 2. The Labute approximate surface area is 251 Å². The first kappa shape index (κ1) is 32.7. The van der Waals surface area contributed by atoms with Gasteiger partial charge in [0.1, 0.15) is 5.82 Å². The molecule has 2 aliphatic heterocycles. The lowest BCUT2D eigenvalue weighted by molar-refractivity contribution is -0.138. The van der Waals surface area contributed by atoms with E-state index in [1.165, 1.54) is 16.7 Å². The number of carbonyl (C=O) groups excluding carboxylic acids is 1. The third-order valence-corrected chi connectivity index (χ3v) is 8.11. The molecule has 15 heteroatoms. The van der Waals surface area contributed by atoms with Crippen LogP contribution < -0.4 is 16.1 Å². The summed E-state index contributed by atoms with van der Waals surface area (Å²) in [5.74, 6) is 2.63. The van der Waals surface area contributed by atoms with Gasteiger partial charge < -0.3 is 14.8 Å². The predicted octanol–water partition coefficient (Wildman–Crippen LogP) is 4.81. The first-order chi connectivity index (χ1) is 20.6. The number of hydrogen-bond donors (Lipinski definition) is 1. The number of thioether (sulfide) groups is 1. The van der Waals surface area contributed by atoms with Crippen LogP contribution in [0, 0.1) is 11.8 Å². The molecule has 1 fully saturated rings. The summed E-state index contributed by atoms with van der Waals surface area (Å²) in [6.07, 6.45) is -6.84. The van der Waals surface area contributed by atoms with Crippen LogP contribution in [0.3, 0.4) is 0 Å². The second-order valence-electron chi connectivity index (χ2n) is 10.1. The van der Waals surface area contributed by atoms with E-state index in [1.807, 2.05) is 0 Å².